The number of hydrogen-bond acceptors (Lipinski definition) is 5. The second kappa shape index (κ2) is 5.59. The largest absolute Gasteiger partial charge is 0.376 e. The molecule has 1 aromatic rings. The Bertz CT molecular complexity index is 631. The number of ether oxygens (including phenoxy) is 1. The lowest BCUT2D eigenvalue weighted by Gasteiger charge is -2.30. The van der Waals surface area contributed by atoms with Gasteiger partial charge < -0.3 is 9.84 Å². The van der Waals surface area contributed by atoms with Crippen LogP contribution in [0.3, 0.4) is 0 Å². The Labute approximate surface area is 121 Å². The molecule has 2 atom stereocenters. The molecule has 21 heavy (non-hydrogen) atoms. The molecule has 0 amide bonds. The van der Waals surface area contributed by atoms with Crippen molar-refractivity contribution in [1.82, 2.24) is 0 Å². The first-order chi connectivity index (χ1) is 9.87. The number of hydrogen-bond donors (Lipinski definition) is 1. The van der Waals surface area contributed by atoms with Gasteiger partial charge >= 0.3 is 0 Å². The maximum atomic E-state index is 12.4. The minimum atomic E-state index is -1.79. The van der Waals surface area contributed by atoms with Gasteiger partial charge in [-0.1, -0.05) is 30.3 Å². The highest BCUT2D eigenvalue weighted by molar-refractivity contribution is 6.10. The Morgan fingerprint density at radius 2 is 2.00 bits per heavy atom. The van der Waals surface area contributed by atoms with Crippen LogP contribution in [-0.2, 0) is 4.74 Å². The fourth-order valence-electron chi connectivity index (χ4n) is 2.25. The normalized spacial score (nSPS) is 25.0. The second-order valence-electron chi connectivity index (χ2n) is 4.91. The van der Waals surface area contributed by atoms with Gasteiger partial charge in [-0.15, -0.1) is 0 Å². The SMILES string of the molecule is COC1C=C(C(=O)c2ccccc2)C=C([N+](=O)[O-])C1(C)O. The van der Waals surface area contributed by atoms with E-state index >= 15 is 0 Å². The average molecular weight is 289 g/mol. The molecule has 1 aliphatic carbocycles. The molecule has 6 heteroatoms. The Morgan fingerprint density at radius 1 is 1.38 bits per heavy atom. The number of nitro groups is 1. The zero-order valence-corrected chi connectivity index (χ0v) is 11.6. The Balaban J connectivity index is 2.47. The van der Waals surface area contributed by atoms with Crippen LogP contribution < -0.4 is 0 Å². The first kappa shape index (κ1) is 15.1. The molecule has 0 radical (unpaired) electrons. The molecule has 1 aromatic carbocycles. The van der Waals surface area contributed by atoms with Crippen molar-refractivity contribution in [3.63, 3.8) is 0 Å². The van der Waals surface area contributed by atoms with E-state index in [2.05, 4.69) is 0 Å². The molecule has 110 valence electrons. The number of carbonyl (C=O) groups excluding carboxylic acids is 1. The molecule has 1 aliphatic rings. The minimum absolute atomic E-state index is 0.131. The van der Waals surface area contributed by atoms with E-state index in [4.69, 9.17) is 4.74 Å². The summed E-state index contributed by atoms with van der Waals surface area (Å²) in [7, 11) is 1.32. The standard InChI is InChI=1S/C15H15NO5/c1-15(18)12(16(19)20)8-11(9-13(15)21-2)14(17)10-6-4-3-5-7-10/h3-9,13,18H,1-2H3. The third-order valence-electron chi connectivity index (χ3n) is 3.44. The summed E-state index contributed by atoms with van der Waals surface area (Å²) in [5.74, 6) is -0.354. The van der Waals surface area contributed by atoms with Crippen LogP contribution in [0.15, 0.2) is 53.8 Å². The number of nitrogens with zero attached hydrogens (tertiary/aromatic N) is 1. The second-order valence-corrected chi connectivity index (χ2v) is 4.91. The number of Topliss-reactive ketones (excluding diaryl/α,β-unsaturated/α-hetero) is 1. The van der Waals surface area contributed by atoms with Crippen LogP contribution in [0.5, 0.6) is 0 Å². The lowest BCUT2D eigenvalue weighted by molar-refractivity contribution is -0.447. The number of allylic oxidation sites excluding steroid dienone is 2. The zero-order chi connectivity index (χ0) is 15.6. The first-order valence-electron chi connectivity index (χ1n) is 6.31. The van der Waals surface area contributed by atoms with Crippen molar-refractivity contribution in [3.05, 3.63) is 69.4 Å². The Kier molecular flexibility index (Phi) is 4.02. The van der Waals surface area contributed by atoms with Gasteiger partial charge in [0.05, 0.1) is 4.92 Å². The molecule has 0 fully saturated rings. The number of benzene rings is 1. The summed E-state index contributed by atoms with van der Waals surface area (Å²) in [5, 5.41) is 21.4. The highest BCUT2D eigenvalue weighted by atomic mass is 16.6. The summed E-state index contributed by atoms with van der Waals surface area (Å²) < 4.78 is 5.08. The van der Waals surface area contributed by atoms with Crippen LogP contribution in [0.25, 0.3) is 0 Å². The molecule has 1 N–H and O–H groups in total. The van der Waals surface area contributed by atoms with Crippen molar-refractivity contribution in [2.75, 3.05) is 7.11 Å². The van der Waals surface area contributed by atoms with Crippen LogP contribution in [-0.4, -0.2) is 34.6 Å². The summed E-state index contributed by atoms with van der Waals surface area (Å²) in [6.07, 6.45) is 1.54. The van der Waals surface area contributed by atoms with Crippen molar-refractivity contribution in [3.8, 4) is 0 Å². The summed E-state index contributed by atoms with van der Waals surface area (Å²) in [5.41, 5.74) is -1.71. The summed E-state index contributed by atoms with van der Waals surface area (Å²) in [6.45, 7) is 1.29. The molecule has 2 unspecified atom stereocenters. The third kappa shape index (κ3) is 2.76. The summed E-state index contributed by atoms with van der Waals surface area (Å²) in [6, 6.07) is 8.43. The summed E-state index contributed by atoms with van der Waals surface area (Å²) in [4.78, 5) is 22.8. The quantitative estimate of drug-likeness (QED) is 0.518. The smallest absolute Gasteiger partial charge is 0.281 e. The first-order valence-corrected chi connectivity index (χ1v) is 6.31. The van der Waals surface area contributed by atoms with Crippen LogP contribution >= 0.6 is 0 Å². The monoisotopic (exact) mass is 289 g/mol. The molecule has 2 rings (SSSR count). The number of aliphatic hydroxyl groups is 1. The molecule has 0 bridgehead atoms. The predicted octanol–water partition coefficient (Wildman–Crippen LogP) is 1.74. The molecule has 0 saturated heterocycles. The lowest BCUT2D eigenvalue weighted by Crippen LogP contribution is -2.46. The van der Waals surface area contributed by atoms with E-state index < -0.39 is 22.3 Å². The van der Waals surface area contributed by atoms with Crippen LogP contribution in [0.4, 0.5) is 0 Å². The number of rotatable bonds is 4. The number of methoxy groups -OCH3 is 1. The fourth-order valence-corrected chi connectivity index (χ4v) is 2.25. The summed E-state index contributed by atoms with van der Waals surface area (Å²) >= 11 is 0. The van der Waals surface area contributed by atoms with Gasteiger partial charge in [0.1, 0.15) is 6.10 Å². The minimum Gasteiger partial charge on any atom is -0.376 e. The van der Waals surface area contributed by atoms with Crippen molar-refractivity contribution in [2.24, 2.45) is 0 Å². The van der Waals surface area contributed by atoms with E-state index in [1.165, 1.54) is 20.1 Å². The molecule has 0 aliphatic heterocycles. The Hall–Kier alpha value is -2.31. The van der Waals surface area contributed by atoms with Crippen molar-refractivity contribution >= 4 is 5.78 Å². The third-order valence-corrected chi connectivity index (χ3v) is 3.44. The fraction of sp³-hybridized carbons (Fsp3) is 0.267. The highest BCUT2D eigenvalue weighted by Crippen LogP contribution is 2.31. The number of ketones is 1. The molecule has 0 heterocycles. The van der Waals surface area contributed by atoms with Gasteiger partial charge in [0.25, 0.3) is 5.70 Å². The van der Waals surface area contributed by atoms with Crippen LogP contribution in [0, 0.1) is 10.1 Å². The topological polar surface area (TPSA) is 89.7 Å². The molecule has 0 spiro atoms. The number of carbonyl (C=O) groups is 1. The van der Waals surface area contributed by atoms with E-state index in [1.54, 1.807) is 30.3 Å². The Morgan fingerprint density at radius 3 is 2.52 bits per heavy atom. The zero-order valence-electron chi connectivity index (χ0n) is 11.6. The maximum absolute atomic E-state index is 12.4. The average Bonchev–Trinajstić information content (AvgIpc) is 2.46. The van der Waals surface area contributed by atoms with Gasteiger partial charge in [0.2, 0.25) is 0 Å². The van der Waals surface area contributed by atoms with Gasteiger partial charge in [-0.25, -0.2) is 0 Å². The predicted molar refractivity (Wildman–Crippen MR) is 75.4 cm³/mol. The van der Waals surface area contributed by atoms with E-state index in [9.17, 15) is 20.0 Å². The van der Waals surface area contributed by atoms with Gasteiger partial charge in [-0.2, -0.15) is 0 Å². The van der Waals surface area contributed by atoms with Gasteiger partial charge in [-0.05, 0) is 13.0 Å². The van der Waals surface area contributed by atoms with Crippen molar-refractivity contribution < 1.29 is 19.6 Å². The van der Waals surface area contributed by atoms with E-state index in [1.807, 2.05) is 0 Å². The van der Waals surface area contributed by atoms with E-state index in [0.29, 0.717) is 5.56 Å². The van der Waals surface area contributed by atoms with Crippen molar-refractivity contribution in [1.29, 1.82) is 0 Å². The highest BCUT2D eigenvalue weighted by Gasteiger charge is 2.46. The van der Waals surface area contributed by atoms with Crippen LogP contribution in [0.1, 0.15) is 17.3 Å². The van der Waals surface area contributed by atoms with Gasteiger partial charge in [-0.3, -0.25) is 14.9 Å². The molecule has 0 aromatic heterocycles. The van der Waals surface area contributed by atoms with Gasteiger partial charge in [0, 0.05) is 24.3 Å². The molecule has 0 saturated carbocycles. The van der Waals surface area contributed by atoms with Gasteiger partial charge in [0.15, 0.2) is 11.4 Å². The van der Waals surface area contributed by atoms with E-state index in [0.717, 1.165) is 6.08 Å². The van der Waals surface area contributed by atoms with Crippen LogP contribution in [0.2, 0.25) is 0 Å². The lowest BCUT2D eigenvalue weighted by atomic mass is 9.85. The molecular formula is C15H15NO5. The van der Waals surface area contributed by atoms with E-state index in [-0.39, 0.29) is 11.4 Å². The van der Waals surface area contributed by atoms with Crippen molar-refractivity contribution in [2.45, 2.75) is 18.6 Å². The molecular weight excluding hydrogens is 274 g/mol. The molecule has 6 nitrogen and oxygen atoms in total. The maximum Gasteiger partial charge on any atom is 0.281 e.